The van der Waals surface area contributed by atoms with Crippen molar-refractivity contribution in [3.8, 4) is 5.75 Å². The maximum absolute atomic E-state index is 12.3. The molecule has 2 aromatic rings. The predicted octanol–water partition coefficient (Wildman–Crippen LogP) is 3.05. The van der Waals surface area contributed by atoms with Crippen LogP contribution in [0.5, 0.6) is 5.75 Å². The number of hydrogen-bond donors (Lipinski definition) is 1. The summed E-state index contributed by atoms with van der Waals surface area (Å²) < 4.78 is 38.2. The second-order valence-corrected chi connectivity index (χ2v) is 8.26. The molecule has 0 aliphatic carbocycles. The van der Waals surface area contributed by atoms with Gasteiger partial charge in [-0.1, -0.05) is 39.7 Å². The normalized spacial score (nSPS) is 12.4. The van der Waals surface area contributed by atoms with E-state index in [0.717, 1.165) is 10.0 Å². The number of nitrogens with one attached hydrogen (secondary N) is 1. The zero-order chi connectivity index (χ0) is 19.2. The van der Waals surface area contributed by atoms with Crippen LogP contribution in [-0.2, 0) is 19.6 Å². The zero-order valence-corrected chi connectivity index (χ0v) is 16.8. The molecule has 26 heavy (non-hydrogen) atoms. The molecule has 0 aromatic heterocycles. The second kappa shape index (κ2) is 9.16. The fraction of sp³-hybridized carbons (Fsp3) is 0.278. The summed E-state index contributed by atoms with van der Waals surface area (Å²) in [5.74, 6) is -0.0259. The fourth-order valence-electron chi connectivity index (χ4n) is 2.05. The Labute approximate surface area is 161 Å². The number of rotatable bonds is 8. The van der Waals surface area contributed by atoms with Gasteiger partial charge in [0.25, 0.3) is 0 Å². The van der Waals surface area contributed by atoms with E-state index in [1.165, 1.54) is 19.1 Å². The molecule has 0 saturated carbocycles. The minimum absolute atomic E-state index is 0.0158. The lowest BCUT2D eigenvalue weighted by atomic mass is 10.2. The maximum Gasteiger partial charge on any atom is 0.324 e. The molecule has 1 atom stereocenters. The Hall–Kier alpha value is -1.90. The maximum atomic E-state index is 12.3. The molecule has 0 amide bonds. The van der Waals surface area contributed by atoms with Crippen molar-refractivity contribution < 1.29 is 22.7 Å². The summed E-state index contributed by atoms with van der Waals surface area (Å²) in [6.45, 7) is 3.48. The van der Waals surface area contributed by atoms with Crippen molar-refractivity contribution in [3.63, 3.8) is 0 Å². The second-order valence-electron chi connectivity index (χ2n) is 5.63. The highest BCUT2D eigenvalue weighted by atomic mass is 79.9. The van der Waals surface area contributed by atoms with Crippen molar-refractivity contribution in [3.05, 3.63) is 58.6 Å². The van der Waals surface area contributed by atoms with Crippen molar-refractivity contribution in [1.82, 2.24) is 4.72 Å². The molecule has 8 heteroatoms. The van der Waals surface area contributed by atoms with Crippen LogP contribution in [0.2, 0.25) is 0 Å². The molecule has 1 N–H and O–H groups in total. The number of ether oxygens (including phenoxy) is 2. The highest BCUT2D eigenvalue weighted by Crippen LogP contribution is 2.17. The van der Waals surface area contributed by atoms with E-state index in [-0.39, 0.29) is 18.1 Å². The molecular formula is C18H20BrNO5S. The molecular weight excluding hydrogens is 422 g/mol. The number of aryl methyl sites for hydroxylation is 1. The molecule has 0 aliphatic rings. The number of carbonyl (C=O) groups is 1. The lowest BCUT2D eigenvalue weighted by Crippen LogP contribution is -2.39. The van der Waals surface area contributed by atoms with Crippen LogP contribution >= 0.6 is 15.9 Å². The van der Waals surface area contributed by atoms with E-state index in [0.29, 0.717) is 5.75 Å². The number of carbonyl (C=O) groups excluding carboxylic acids is 1. The first-order valence-electron chi connectivity index (χ1n) is 7.92. The first kappa shape index (κ1) is 20.4. The van der Waals surface area contributed by atoms with Gasteiger partial charge in [-0.15, -0.1) is 0 Å². The van der Waals surface area contributed by atoms with Crippen LogP contribution in [0, 0.1) is 6.92 Å². The summed E-state index contributed by atoms with van der Waals surface area (Å²) in [5, 5.41) is 0. The van der Waals surface area contributed by atoms with E-state index < -0.39 is 22.0 Å². The minimum Gasteiger partial charge on any atom is -0.490 e. The van der Waals surface area contributed by atoms with Crippen LogP contribution in [0.3, 0.4) is 0 Å². The van der Waals surface area contributed by atoms with E-state index in [1.807, 2.05) is 19.1 Å². The van der Waals surface area contributed by atoms with Gasteiger partial charge in [-0.2, -0.15) is 4.72 Å². The fourth-order valence-corrected chi connectivity index (χ4v) is 3.62. The van der Waals surface area contributed by atoms with Gasteiger partial charge in [0.05, 0.1) is 4.90 Å². The molecule has 0 saturated heterocycles. The van der Waals surface area contributed by atoms with Crippen molar-refractivity contribution in [2.45, 2.75) is 24.8 Å². The first-order chi connectivity index (χ1) is 12.3. The average Bonchev–Trinajstić information content (AvgIpc) is 2.58. The standard InChI is InChI=1S/C18H20BrNO5S/c1-13-6-8-17(9-7-13)26(22,23)20-14(2)18(21)25-11-10-24-16-5-3-4-15(19)12-16/h3-9,12,14,20H,10-11H2,1-2H3/t14-/m0/s1. The number of sulfonamides is 1. The van der Waals surface area contributed by atoms with Crippen molar-refractivity contribution >= 4 is 31.9 Å². The van der Waals surface area contributed by atoms with E-state index in [1.54, 1.807) is 24.3 Å². The van der Waals surface area contributed by atoms with E-state index >= 15 is 0 Å². The Bertz CT molecular complexity index is 852. The Morgan fingerprint density at radius 1 is 1.15 bits per heavy atom. The van der Waals surface area contributed by atoms with Crippen LogP contribution < -0.4 is 9.46 Å². The van der Waals surface area contributed by atoms with Gasteiger partial charge < -0.3 is 9.47 Å². The quantitative estimate of drug-likeness (QED) is 0.502. The van der Waals surface area contributed by atoms with Crippen LogP contribution in [0.15, 0.2) is 57.9 Å². The van der Waals surface area contributed by atoms with Gasteiger partial charge in [0.2, 0.25) is 10.0 Å². The molecule has 0 fully saturated rings. The molecule has 2 aromatic carbocycles. The van der Waals surface area contributed by atoms with E-state index in [4.69, 9.17) is 9.47 Å². The van der Waals surface area contributed by atoms with E-state index in [9.17, 15) is 13.2 Å². The van der Waals surface area contributed by atoms with Crippen molar-refractivity contribution in [1.29, 1.82) is 0 Å². The largest absolute Gasteiger partial charge is 0.490 e. The predicted molar refractivity (Wildman–Crippen MR) is 102 cm³/mol. The lowest BCUT2D eigenvalue weighted by Gasteiger charge is -2.14. The number of halogens is 1. The highest BCUT2D eigenvalue weighted by Gasteiger charge is 2.23. The van der Waals surface area contributed by atoms with Gasteiger partial charge in [0.1, 0.15) is 25.0 Å². The van der Waals surface area contributed by atoms with Crippen molar-refractivity contribution in [2.75, 3.05) is 13.2 Å². The topological polar surface area (TPSA) is 81.7 Å². The summed E-state index contributed by atoms with van der Waals surface area (Å²) in [6.07, 6.45) is 0. The van der Waals surface area contributed by atoms with Crippen molar-refractivity contribution in [2.24, 2.45) is 0 Å². The summed E-state index contributed by atoms with van der Waals surface area (Å²) in [7, 11) is -3.79. The monoisotopic (exact) mass is 441 g/mol. The van der Waals surface area contributed by atoms with Gasteiger partial charge in [-0.25, -0.2) is 8.42 Å². The molecule has 0 unspecified atom stereocenters. The Morgan fingerprint density at radius 2 is 1.85 bits per heavy atom. The first-order valence-corrected chi connectivity index (χ1v) is 10.2. The third-order valence-corrected chi connectivity index (χ3v) is 5.46. The average molecular weight is 442 g/mol. The SMILES string of the molecule is Cc1ccc(S(=O)(=O)N[C@@H](C)C(=O)OCCOc2cccc(Br)c2)cc1. The Morgan fingerprint density at radius 3 is 2.50 bits per heavy atom. The van der Waals surface area contributed by atoms with Gasteiger partial charge in [-0.3, -0.25) is 4.79 Å². The molecule has 6 nitrogen and oxygen atoms in total. The third-order valence-electron chi connectivity index (χ3n) is 3.41. The van der Waals surface area contributed by atoms with Gasteiger partial charge in [-0.05, 0) is 44.2 Å². The van der Waals surface area contributed by atoms with Crippen LogP contribution in [0.4, 0.5) is 0 Å². The lowest BCUT2D eigenvalue weighted by molar-refractivity contribution is -0.145. The highest BCUT2D eigenvalue weighted by molar-refractivity contribution is 9.10. The summed E-state index contributed by atoms with van der Waals surface area (Å²) in [6, 6.07) is 12.6. The molecule has 2 rings (SSSR count). The smallest absolute Gasteiger partial charge is 0.324 e. The molecule has 0 heterocycles. The van der Waals surface area contributed by atoms with E-state index in [2.05, 4.69) is 20.7 Å². The molecule has 0 bridgehead atoms. The third kappa shape index (κ3) is 6.12. The van der Waals surface area contributed by atoms with Gasteiger partial charge >= 0.3 is 5.97 Å². The number of benzene rings is 2. The Kier molecular flexibility index (Phi) is 7.19. The van der Waals surface area contributed by atoms with Crippen LogP contribution in [0.1, 0.15) is 12.5 Å². The molecule has 0 aliphatic heterocycles. The number of hydrogen-bond acceptors (Lipinski definition) is 5. The summed E-state index contributed by atoms with van der Waals surface area (Å²) >= 11 is 3.33. The Balaban J connectivity index is 1.80. The summed E-state index contributed by atoms with van der Waals surface area (Å²) in [5.41, 5.74) is 0.946. The van der Waals surface area contributed by atoms with Crippen LogP contribution in [-0.4, -0.2) is 33.6 Å². The van der Waals surface area contributed by atoms with Crippen LogP contribution in [0.25, 0.3) is 0 Å². The van der Waals surface area contributed by atoms with Gasteiger partial charge in [0, 0.05) is 4.47 Å². The molecule has 0 spiro atoms. The molecule has 0 radical (unpaired) electrons. The molecule has 140 valence electrons. The van der Waals surface area contributed by atoms with Gasteiger partial charge in [0.15, 0.2) is 0 Å². The summed E-state index contributed by atoms with van der Waals surface area (Å²) in [4.78, 5) is 12.1. The zero-order valence-electron chi connectivity index (χ0n) is 14.4. The number of esters is 1. The minimum atomic E-state index is -3.79.